The average Bonchev–Trinajstić information content (AvgIpc) is 2.93. The Morgan fingerprint density at radius 3 is 2.21 bits per heavy atom. The van der Waals surface area contributed by atoms with Crippen LogP contribution in [0.2, 0.25) is 5.02 Å². The monoisotopic (exact) mass is 815 g/mol. The van der Waals surface area contributed by atoms with Crippen molar-refractivity contribution >= 4 is 47.2 Å². The number of hydrogen-bond donors (Lipinski definition) is 3. The third kappa shape index (κ3) is 9.61. The van der Waals surface area contributed by atoms with E-state index in [2.05, 4.69) is 0 Å². The van der Waals surface area contributed by atoms with Crippen LogP contribution in [0, 0.1) is 12.8 Å². The standard InChI is InChI=1S/C30H33ClN4O2.2ClH.2H3N.Pt/c1-20(2)27(34(17-7-16-32)29(36)23-12-10-21(3)11-13-23)28-33-26-18-24(31)14-15-25(26)30(37)35(28)19-22-8-5-4-6-9-22;;;;;/h4-6,8-15,18,20,27H,7,16-17,19,32H2,1-3H3;2*1H;2*1H3;/q;;;;;+2/p-2/t27-;;;;;/m1...../s1. The van der Waals surface area contributed by atoms with Crippen molar-refractivity contribution in [1.82, 2.24) is 26.8 Å². The molecule has 12 heteroatoms. The maximum absolute atomic E-state index is 13.9. The molecule has 0 radical (unpaired) electrons. The summed E-state index contributed by atoms with van der Waals surface area (Å²) in [6, 6.07) is 22.0. The molecule has 0 saturated carbocycles. The van der Waals surface area contributed by atoms with E-state index in [1.807, 2.05) is 80.3 Å². The first kappa shape index (κ1) is 37.7. The van der Waals surface area contributed by atoms with E-state index in [1.165, 1.54) is 0 Å². The Morgan fingerprint density at radius 2 is 1.64 bits per heavy atom. The molecule has 232 valence electrons. The van der Waals surface area contributed by atoms with Gasteiger partial charge in [-0.3, -0.25) is 14.2 Å². The second kappa shape index (κ2) is 18.4. The van der Waals surface area contributed by atoms with Gasteiger partial charge in [-0.2, -0.15) is 0 Å². The molecule has 8 nitrogen and oxygen atoms in total. The zero-order valence-corrected chi connectivity index (χ0v) is 28.6. The molecule has 42 heavy (non-hydrogen) atoms. The van der Waals surface area contributed by atoms with Gasteiger partial charge in [0, 0.05) is 17.1 Å². The quantitative estimate of drug-likeness (QED) is 0.161. The van der Waals surface area contributed by atoms with Gasteiger partial charge in [-0.05, 0) is 61.7 Å². The van der Waals surface area contributed by atoms with Crippen molar-refractivity contribution in [3.8, 4) is 0 Å². The fraction of sp³-hybridized carbons (Fsp3) is 0.300. The van der Waals surface area contributed by atoms with Crippen molar-refractivity contribution in [1.29, 1.82) is 0 Å². The minimum atomic E-state index is -0.472. The molecule has 0 spiro atoms. The Bertz CT molecular complexity index is 1470. The van der Waals surface area contributed by atoms with Crippen molar-refractivity contribution in [2.24, 2.45) is 11.7 Å². The number of amides is 1. The SMILES string of the molecule is Cc1ccc(C(=O)N(CCCN)[C@@H](c2nc3cc(Cl)ccc3c(=O)n2Cc2ccccc2)C(C)C)cc1.N.N.[Cl][Pt][Cl]. The van der Waals surface area contributed by atoms with Crippen LogP contribution in [0.3, 0.4) is 0 Å². The molecule has 1 aromatic heterocycles. The maximum atomic E-state index is 13.9. The van der Waals surface area contributed by atoms with Gasteiger partial charge < -0.3 is 22.9 Å². The van der Waals surface area contributed by atoms with E-state index in [9.17, 15) is 9.59 Å². The van der Waals surface area contributed by atoms with Crippen molar-refractivity contribution < 1.29 is 21.3 Å². The molecule has 4 aromatic rings. The summed E-state index contributed by atoms with van der Waals surface area (Å²) in [5.74, 6) is 0.396. The number of halogens is 3. The molecule has 0 fully saturated rings. The summed E-state index contributed by atoms with van der Waals surface area (Å²) < 4.78 is 1.70. The fourth-order valence-corrected chi connectivity index (χ4v) is 4.81. The van der Waals surface area contributed by atoms with Crippen LogP contribution in [0.5, 0.6) is 0 Å². The molecule has 0 aliphatic carbocycles. The van der Waals surface area contributed by atoms with Gasteiger partial charge in [-0.1, -0.05) is 73.5 Å². The van der Waals surface area contributed by atoms with Gasteiger partial charge in [0.1, 0.15) is 5.82 Å². The predicted molar refractivity (Wildman–Crippen MR) is 172 cm³/mol. The Labute approximate surface area is 269 Å². The van der Waals surface area contributed by atoms with Gasteiger partial charge in [0.15, 0.2) is 0 Å². The van der Waals surface area contributed by atoms with E-state index < -0.39 is 22.5 Å². The minimum absolute atomic E-state index is 0. The zero-order valence-electron chi connectivity index (χ0n) is 24.0. The van der Waals surface area contributed by atoms with Crippen LogP contribution in [0.1, 0.15) is 53.6 Å². The molecule has 0 aliphatic rings. The fourth-order valence-electron chi connectivity index (χ4n) is 4.64. The molecule has 0 bridgehead atoms. The number of nitrogens with two attached hydrogens (primary N) is 1. The first-order chi connectivity index (χ1) is 19.2. The number of hydrogen-bond acceptors (Lipinski definition) is 6. The van der Waals surface area contributed by atoms with E-state index in [4.69, 9.17) is 41.2 Å². The Kier molecular flexibility index (Phi) is 16.5. The zero-order chi connectivity index (χ0) is 29.2. The number of aromatic nitrogens is 2. The van der Waals surface area contributed by atoms with E-state index >= 15 is 0 Å². The van der Waals surface area contributed by atoms with Crippen LogP contribution in [0.25, 0.3) is 10.9 Å². The second-order valence-corrected chi connectivity index (χ2v) is 13.5. The summed E-state index contributed by atoms with van der Waals surface area (Å²) in [4.78, 5) is 34.6. The number of benzene rings is 3. The first-order valence-corrected chi connectivity index (χ1v) is 18.9. The summed E-state index contributed by atoms with van der Waals surface area (Å²) in [5, 5.41) is 0.993. The van der Waals surface area contributed by atoms with Gasteiger partial charge in [0.25, 0.3) is 11.5 Å². The Balaban J connectivity index is 0.00000169. The topological polar surface area (TPSA) is 151 Å². The third-order valence-corrected chi connectivity index (χ3v) is 6.76. The average molecular weight is 817 g/mol. The molecule has 3 aromatic carbocycles. The molecule has 0 aliphatic heterocycles. The van der Waals surface area contributed by atoms with Crippen molar-refractivity contribution in [2.75, 3.05) is 13.1 Å². The van der Waals surface area contributed by atoms with Crippen LogP contribution in [-0.4, -0.2) is 33.4 Å². The molecule has 8 N–H and O–H groups in total. The Morgan fingerprint density at radius 1 is 1.02 bits per heavy atom. The normalized spacial score (nSPS) is 11.2. The van der Waals surface area contributed by atoms with Crippen molar-refractivity contribution in [3.05, 3.63) is 111 Å². The number of nitrogens with zero attached hydrogens (tertiary/aromatic N) is 3. The molecule has 1 amide bonds. The van der Waals surface area contributed by atoms with Gasteiger partial charge in [-0.25, -0.2) is 4.98 Å². The summed E-state index contributed by atoms with van der Waals surface area (Å²) in [7, 11) is 9.75. The van der Waals surface area contributed by atoms with E-state index in [0.717, 1.165) is 11.1 Å². The van der Waals surface area contributed by atoms with Crippen LogP contribution in [0.4, 0.5) is 0 Å². The molecule has 1 heterocycles. The van der Waals surface area contributed by atoms with Gasteiger partial charge >= 0.3 is 35.3 Å². The van der Waals surface area contributed by atoms with Crippen molar-refractivity contribution in [2.45, 2.75) is 39.8 Å². The third-order valence-electron chi connectivity index (χ3n) is 6.52. The van der Waals surface area contributed by atoms with Crippen LogP contribution >= 0.6 is 30.4 Å². The molecule has 4 rings (SSSR count). The second-order valence-electron chi connectivity index (χ2n) is 9.75. The number of carbonyl (C=O) groups excluding carboxylic acids is 1. The molecule has 0 unspecified atom stereocenters. The summed E-state index contributed by atoms with van der Waals surface area (Å²) >= 11 is 5.81. The molecule has 0 saturated heterocycles. The molecule has 1 atom stereocenters. The van der Waals surface area contributed by atoms with Crippen LogP contribution in [-0.2, 0) is 23.0 Å². The predicted octanol–water partition coefficient (Wildman–Crippen LogP) is 7.30. The van der Waals surface area contributed by atoms with E-state index in [0.29, 0.717) is 53.4 Å². The van der Waals surface area contributed by atoms with Crippen LogP contribution in [0.15, 0.2) is 77.6 Å². The molecular weight excluding hydrogens is 778 g/mol. The van der Waals surface area contributed by atoms with Crippen LogP contribution < -0.4 is 23.6 Å². The summed E-state index contributed by atoms with van der Waals surface area (Å²) in [6.07, 6.45) is 0.628. The first-order valence-electron chi connectivity index (χ1n) is 12.9. The number of carbonyl (C=O) groups is 1. The van der Waals surface area contributed by atoms with Gasteiger partial charge in [0.05, 0.1) is 23.5 Å². The van der Waals surface area contributed by atoms with Gasteiger partial charge in [-0.15, -0.1) is 0 Å². The Hall–Kier alpha value is -2.29. The van der Waals surface area contributed by atoms with E-state index in [-0.39, 0.29) is 29.7 Å². The van der Waals surface area contributed by atoms with E-state index in [1.54, 1.807) is 22.8 Å². The molecular formula is C30H39Cl3N6O2Pt. The van der Waals surface area contributed by atoms with Crippen molar-refractivity contribution in [3.63, 3.8) is 0 Å². The van der Waals surface area contributed by atoms with Gasteiger partial charge in [0.2, 0.25) is 0 Å². The number of fused-ring (bicyclic) bond motifs is 1. The number of aryl methyl sites for hydroxylation is 1. The summed E-state index contributed by atoms with van der Waals surface area (Å²) in [6.45, 7) is 7.31. The summed E-state index contributed by atoms with van der Waals surface area (Å²) in [5.41, 5.74) is 8.88. The number of rotatable bonds is 9.